The predicted molar refractivity (Wildman–Crippen MR) is 54.6 cm³/mol. The Hall–Kier alpha value is -0.370. The van der Waals surface area contributed by atoms with Crippen LogP contribution >= 0.6 is 0 Å². The van der Waals surface area contributed by atoms with Crippen LogP contribution in [0.3, 0.4) is 0 Å². The van der Waals surface area contributed by atoms with Crippen LogP contribution in [-0.4, -0.2) is 17.0 Å². The molecule has 13 heavy (non-hydrogen) atoms. The van der Waals surface area contributed by atoms with Crippen molar-refractivity contribution in [3.8, 4) is 0 Å². The summed E-state index contributed by atoms with van der Waals surface area (Å²) in [5.74, 6) is -0.0247. The molecule has 2 nitrogen and oxygen atoms in total. The summed E-state index contributed by atoms with van der Waals surface area (Å²) >= 11 is 0. The van der Waals surface area contributed by atoms with Gasteiger partial charge in [-0.05, 0) is 20.3 Å². The van der Waals surface area contributed by atoms with Crippen molar-refractivity contribution in [1.82, 2.24) is 0 Å². The highest BCUT2D eigenvalue weighted by atomic mass is 16.3. The summed E-state index contributed by atoms with van der Waals surface area (Å²) in [6, 6.07) is 0. The fraction of sp³-hybridized carbons (Fsp3) is 0.909. The molecule has 2 atom stereocenters. The van der Waals surface area contributed by atoms with Gasteiger partial charge in [-0.1, -0.05) is 32.6 Å². The van der Waals surface area contributed by atoms with Crippen LogP contribution in [0.25, 0.3) is 0 Å². The van der Waals surface area contributed by atoms with Gasteiger partial charge in [0.25, 0.3) is 0 Å². The molecule has 1 N–H and O–H groups in total. The Morgan fingerprint density at radius 1 is 1.31 bits per heavy atom. The van der Waals surface area contributed by atoms with E-state index in [2.05, 4.69) is 6.92 Å². The van der Waals surface area contributed by atoms with Crippen LogP contribution in [0.2, 0.25) is 0 Å². The molecule has 0 saturated carbocycles. The standard InChI is InChI=1S/C11H22O2/c1-4-5-6-7-8-11(9(2)12)10(3)13/h9,11-12H,4-8H2,1-3H3/t9-,11?/m0/s1. The third-order valence-corrected chi connectivity index (χ3v) is 2.47. The van der Waals surface area contributed by atoms with Gasteiger partial charge in [-0.25, -0.2) is 0 Å². The predicted octanol–water partition coefficient (Wildman–Crippen LogP) is 2.54. The molecule has 0 saturated heterocycles. The van der Waals surface area contributed by atoms with E-state index in [9.17, 15) is 9.90 Å². The first-order chi connectivity index (χ1) is 6.09. The van der Waals surface area contributed by atoms with Gasteiger partial charge in [-0.3, -0.25) is 4.79 Å². The number of carbonyl (C=O) groups excluding carboxylic acids is 1. The number of hydrogen-bond acceptors (Lipinski definition) is 2. The number of carbonyl (C=O) groups is 1. The third-order valence-electron chi connectivity index (χ3n) is 2.47. The minimum Gasteiger partial charge on any atom is -0.393 e. The molecule has 0 heterocycles. The van der Waals surface area contributed by atoms with Gasteiger partial charge in [-0.15, -0.1) is 0 Å². The van der Waals surface area contributed by atoms with Gasteiger partial charge in [0, 0.05) is 5.92 Å². The van der Waals surface area contributed by atoms with Crippen LogP contribution < -0.4 is 0 Å². The lowest BCUT2D eigenvalue weighted by Crippen LogP contribution is -2.23. The first-order valence-corrected chi connectivity index (χ1v) is 5.28. The topological polar surface area (TPSA) is 37.3 Å². The van der Waals surface area contributed by atoms with E-state index in [-0.39, 0.29) is 11.7 Å². The van der Waals surface area contributed by atoms with Gasteiger partial charge in [0.1, 0.15) is 5.78 Å². The zero-order valence-corrected chi connectivity index (χ0v) is 9.05. The molecule has 2 heteroatoms. The quantitative estimate of drug-likeness (QED) is 0.620. The molecular weight excluding hydrogens is 164 g/mol. The second-order valence-corrected chi connectivity index (χ2v) is 3.81. The lowest BCUT2D eigenvalue weighted by atomic mass is 9.93. The summed E-state index contributed by atoms with van der Waals surface area (Å²) in [6.07, 6.45) is 5.02. The minimum atomic E-state index is -0.487. The van der Waals surface area contributed by atoms with Gasteiger partial charge in [0.2, 0.25) is 0 Å². The van der Waals surface area contributed by atoms with Crippen molar-refractivity contribution in [3.05, 3.63) is 0 Å². The molecule has 78 valence electrons. The second-order valence-electron chi connectivity index (χ2n) is 3.81. The Morgan fingerprint density at radius 3 is 2.31 bits per heavy atom. The summed E-state index contributed by atoms with van der Waals surface area (Å²) in [5, 5.41) is 9.32. The van der Waals surface area contributed by atoms with Crippen molar-refractivity contribution in [2.75, 3.05) is 0 Å². The minimum absolute atomic E-state index is 0.117. The fourth-order valence-corrected chi connectivity index (χ4v) is 1.58. The fourth-order valence-electron chi connectivity index (χ4n) is 1.58. The van der Waals surface area contributed by atoms with E-state index in [1.54, 1.807) is 13.8 Å². The molecule has 0 fully saturated rings. The zero-order valence-electron chi connectivity index (χ0n) is 9.05. The molecule has 0 aromatic heterocycles. The molecule has 0 aliphatic heterocycles. The van der Waals surface area contributed by atoms with E-state index in [0.717, 1.165) is 12.8 Å². The van der Waals surface area contributed by atoms with E-state index in [1.807, 2.05) is 0 Å². The van der Waals surface area contributed by atoms with E-state index in [1.165, 1.54) is 19.3 Å². The average molecular weight is 186 g/mol. The van der Waals surface area contributed by atoms with Gasteiger partial charge < -0.3 is 5.11 Å². The number of ketones is 1. The molecule has 0 radical (unpaired) electrons. The Kier molecular flexibility index (Phi) is 6.87. The summed E-state index contributed by atoms with van der Waals surface area (Å²) in [6.45, 7) is 5.43. The lowest BCUT2D eigenvalue weighted by Gasteiger charge is -2.16. The molecule has 0 rings (SSSR count). The number of aliphatic hydroxyl groups is 1. The highest BCUT2D eigenvalue weighted by Gasteiger charge is 2.18. The van der Waals surface area contributed by atoms with Crippen LogP contribution in [0.4, 0.5) is 0 Å². The van der Waals surface area contributed by atoms with Crippen LogP contribution in [0.1, 0.15) is 52.9 Å². The number of rotatable bonds is 7. The normalized spacial score (nSPS) is 15.4. The zero-order chi connectivity index (χ0) is 10.3. The van der Waals surface area contributed by atoms with Gasteiger partial charge in [-0.2, -0.15) is 0 Å². The molecule has 0 aromatic rings. The van der Waals surface area contributed by atoms with Crippen molar-refractivity contribution < 1.29 is 9.90 Å². The van der Waals surface area contributed by atoms with Crippen molar-refractivity contribution in [2.24, 2.45) is 5.92 Å². The lowest BCUT2D eigenvalue weighted by molar-refractivity contribution is -0.124. The highest BCUT2D eigenvalue weighted by Crippen LogP contribution is 2.15. The Bertz CT molecular complexity index is 141. The van der Waals surface area contributed by atoms with Crippen molar-refractivity contribution >= 4 is 5.78 Å². The van der Waals surface area contributed by atoms with E-state index < -0.39 is 6.10 Å². The van der Waals surface area contributed by atoms with Crippen LogP contribution in [0, 0.1) is 5.92 Å². The van der Waals surface area contributed by atoms with Crippen molar-refractivity contribution in [3.63, 3.8) is 0 Å². The maximum absolute atomic E-state index is 11.1. The molecular formula is C11H22O2. The number of aliphatic hydroxyl groups excluding tert-OH is 1. The molecule has 0 aliphatic carbocycles. The van der Waals surface area contributed by atoms with Gasteiger partial charge in [0.15, 0.2) is 0 Å². The summed E-state index contributed by atoms with van der Waals surface area (Å²) in [5.41, 5.74) is 0. The van der Waals surface area contributed by atoms with Crippen LogP contribution in [-0.2, 0) is 4.79 Å². The monoisotopic (exact) mass is 186 g/mol. The number of Topliss-reactive ketones (excluding diaryl/α,β-unsaturated/α-hetero) is 1. The maximum Gasteiger partial charge on any atom is 0.135 e. The Morgan fingerprint density at radius 2 is 1.92 bits per heavy atom. The summed E-state index contributed by atoms with van der Waals surface area (Å²) in [7, 11) is 0. The first-order valence-electron chi connectivity index (χ1n) is 5.28. The molecule has 0 spiro atoms. The number of hydrogen-bond donors (Lipinski definition) is 1. The Balaban J connectivity index is 3.64. The van der Waals surface area contributed by atoms with Crippen molar-refractivity contribution in [1.29, 1.82) is 0 Å². The van der Waals surface area contributed by atoms with Crippen molar-refractivity contribution in [2.45, 2.75) is 59.0 Å². The SMILES string of the molecule is CCCCCCC(C(C)=O)[C@H](C)O. The highest BCUT2D eigenvalue weighted by molar-refractivity contribution is 5.78. The van der Waals surface area contributed by atoms with E-state index >= 15 is 0 Å². The van der Waals surface area contributed by atoms with Crippen LogP contribution in [0.5, 0.6) is 0 Å². The third kappa shape index (κ3) is 5.81. The van der Waals surface area contributed by atoms with Crippen LogP contribution in [0.15, 0.2) is 0 Å². The molecule has 1 unspecified atom stereocenters. The largest absolute Gasteiger partial charge is 0.393 e. The van der Waals surface area contributed by atoms with E-state index in [4.69, 9.17) is 0 Å². The molecule has 0 aliphatic rings. The molecule has 0 amide bonds. The second kappa shape index (κ2) is 7.07. The number of unbranched alkanes of at least 4 members (excludes halogenated alkanes) is 3. The summed E-state index contributed by atoms with van der Waals surface area (Å²) < 4.78 is 0. The van der Waals surface area contributed by atoms with Gasteiger partial charge in [0.05, 0.1) is 6.10 Å². The summed E-state index contributed by atoms with van der Waals surface area (Å²) in [4.78, 5) is 11.1. The van der Waals surface area contributed by atoms with E-state index in [0.29, 0.717) is 0 Å². The maximum atomic E-state index is 11.1. The van der Waals surface area contributed by atoms with Gasteiger partial charge >= 0.3 is 0 Å². The Labute approximate surface area is 81.3 Å². The smallest absolute Gasteiger partial charge is 0.135 e. The first kappa shape index (κ1) is 12.6. The average Bonchev–Trinajstić information content (AvgIpc) is 2.02. The molecule has 0 aromatic carbocycles. The molecule has 0 bridgehead atoms.